The van der Waals surface area contributed by atoms with Gasteiger partial charge in [0, 0.05) is 27.9 Å². The van der Waals surface area contributed by atoms with Crippen molar-refractivity contribution < 1.29 is 19.4 Å². The van der Waals surface area contributed by atoms with E-state index in [9.17, 15) is 15.2 Å². The first-order chi connectivity index (χ1) is 25.6. The smallest absolute Gasteiger partial charge is 0.346 e. The first kappa shape index (κ1) is 32.8. The minimum Gasteiger partial charge on any atom is -0.485 e. The average molecular weight is 713 g/mol. The van der Waals surface area contributed by atoms with E-state index >= 15 is 0 Å². The van der Waals surface area contributed by atoms with Gasteiger partial charge in [0.05, 0.1) is 9.75 Å². The van der Waals surface area contributed by atoms with E-state index in [-0.39, 0.29) is 16.4 Å². The van der Waals surface area contributed by atoms with Gasteiger partial charge in [-0.15, -0.1) is 11.3 Å². The number of carbonyl (C=O) groups is 1. The van der Waals surface area contributed by atoms with E-state index in [4.69, 9.17) is 9.47 Å². The summed E-state index contributed by atoms with van der Waals surface area (Å²) in [5.74, 6) is -0.241. The zero-order chi connectivity index (χ0) is 36.6. The molecule has 0 bridgehead atoms. The van der Waals surface area contributed by atoms with Crippen LogP contribution in [0.2, 0.25) is 0 Å². The van der Waals surface area contributed by atoms with Gasteiger partial charge in [-0.3, -0.25) is 0 Å². The number of aliphatic carboxylic acids is 1. The number of benzene rings is 5. The highest BCUT2D eigenvalue weighted by atomic mass is 32.1. The van der Waals surface area contributed by atoms with Crippen LogP contribution in [0, 0.1) is 11.3 Å². The van der Waals surface area contributed by atoms with E-state index < -0.39 is 5.97 Å². The molecule has 6 nitrogen and oxygen atoms in total. The Kier molecular flexibility index (Phi) is 7.41. The zero-order valence-corrected chi connectivity index (χ0v) is 30.7. The van der Waals surface area contributed by atoms with Crippen LogP contribution in [0.5, 0.6) is 11.5 Å². The predicted octanol–water partition coefficient (Wildman–Crippen LogP) is 11.3. The van der Waals surface area contributed by atoms with Gasteiger partial charge in [0.1, 0.15) is 24.9 Å². The molecule has 6 aromatic rings. The lowest BCUT2D eigenvalue weighted by molar-refractivity contribution is -0.132. The maximum Gasteiger partial charge on any atom is 0.346 e. The topological polar surface area (TPSA) is 82.8 Å². The predicted molar refractivity (Wildman–Crippen MR) is 212 cm³/mol. The number of thiophene rings is 1. The molecule has 0 amide bonds. The molecule has 1 aromatic heterocycles. The van der Waals surface area contributed by atoms with Crippen LogP contribution in [-0.4, -0.2) is 24.3 Å². The molecule has 3 aliphatic rings. The van der Waals surface area contributed by atoms with Gasteiger partial charge in [-0.05, 0) is 92.5 Å². The van der Waals surface area contributed by atoms with Crippen LogP contribution < -0.4 is 14.4 Å². The average Bonchev–Trinajstić information content (AvgIpc) is 3.74. The fraction of sp³-hybridized carbons (Fsp3) is 0.174. The molecule has 2 heterocycles. The third kappa shape index (κ3) is 5.01. The molecule has 0 unspecified atom stereocenters. The normalized spacial score (nSPS) is 15.5. The van der Waals surface area contributed by atoms with Crippen LogP contribution in [-0.2, 0) is 15.6 Å². The highest BCUT2D eigenvalue weighted by molar-refractivity contribution is 7.17. The Balaban J connectivity index is 1.18. The van der Waals surface area contributed by atoms with E-state index in [0.29, 0.717) is 29.6 Å². The molecule has 1 N–H and O–H groups in total. The van der Waals surface area contributed by atoms with Gasteiger partial charge in [-0.1, -0.05) is 100 Å². The lowest BCUT2D eigenvalue weighted by atomic mass is 9.82. The van der Waals surface area contributed by atoms with Crippen molar-refractivity contribution in [3.63, 3.8) is 0 Å². The van der Waals surface area contributed by atoms with Gasteiger partial charge >= 0.3 is 5.97 Å². The van der Waals surface area contributed by atoms with Crippen molar-refractivity contribution in [2.75, 3.05) is 18.1 Å². The van der Waals surface area contributed by atoms with E-state index in [1.807, 2.05) is 0 Å². The summed E-state index contributed by atoms with van der Waals surface area (Å²) < 4.78 is 12.0. The van der Waals surface area contributed by atoms with Gasteiger partial charge in [0.15, 0.2) is 11.5 Å². The summed E-state index contributed by atoms with van der Waals surface area (Å²) in [4.78, 5) is 15.4. The fourth-order valence-electron chi connectivity index (χ4n) is 8.40. The summed E-state index contributed by atoms with van der Waals surface area (Å²) in [7, 11) is 0. The number of rotatable bonds is 6. The summed E-state index contributed by atoms with van der Waals surface area (Å²) in [6.45, 7) is 9.96. The highest BCUT2D eigenvalue weighted by Crippen LogP contribution is 2.54. The Labute approximate surface area is 312 Å². The molecule has 0 atom stereocenters. The van der Waals surface area contributed by atoms with Gasteiger partial charge in [-0.25, -0.2) is 4.79 Å². The Morgan fingerprint density at radius 3 is 1.72 bits per heavy atom. The van der Waals surface area contributed by atoms with Crippen molar-refractivity contribution in [3.8, 4) is 50.3 Å². The summed E-state index contributed by atoms with van der Waals surface area (Å²) in [6.07, 6.45) is 1.36. The van der Waals surface area contributed by atoms with Crippen LogP contribution in [0.4, 0.5) is 17.1 Å². The Bertz CT molecular complexity index is 2460. The molecule has 7 heteroatoms. The third-order valence-corrected chi connectivity index (χ3v) is 12.2. The number of hydrogen-bond donors (Lipinski definition) is 1. The maximum atomic E-state index is 11.7. The van der Waals surface area contributed by atoms with Crippen LogP contribution in [0.25, 0.3) is 38.8 Å². The number of nitrogens with zero attached hydrogens (tertiary/aromatic N) is 2. The molecule has 0 saturated carbocycles. The molecule has 9 rings (SSSR count). The number of hydrogen-bond acceptors (Lipinski definition) is 6. The van der Waals surface area contributed by atoms with Crippen molar-refractivity contribution in [1.82, 2.24) is 0 Å². The summed E-state index contributed by atoms with van der Waals surface area (Å²) in [6, 6.07) is 41.3. The first-order valence-corrected chi connectivity index (χ1v) is 18.6. The fourth-order valence-corrected chi connectivity index (χ4v) is 9.54. The molecule has 1 aliphatic heterocycles. The van der Waals surface area contributed by atoms with Crippen molar-refractivity contribution >= 4 is 40.4 Å². The molecule has 260 valence electrons. The summed E-state index contributed by atoms with van der Waals surface area (Å²) in [5.41, 5.74) is 13.8. The van der Waals surface area contributed by atoms with Crippen molar-refractivity contribution in [2.45, 2.75) is 38.5 Å². The van der Waals surface area contributed by atoms with Crippen LogP contribution in [0.1, 0.15) is 54.8 Å². The largest absolute Gasteiger partial charge is 0.485 e. The number of carboxylic acid groups (broad SMARTS) is 1. The van der Waals surface area contributed by atoms with Crippen molar-refractivity contribution in [2.24, 2.45) is 0 Å². The first-order valence-electron chi connectivity index (χ1n) is 17.7. The van der Waals surface area contributed by atoms with Gasteiger partial charge in [-0.2, -0.15) is 5.26 Å². The van der Waals surface area contributed by atoms with Gasteiger partial charge < -0.3 is 19.5 Å². The van der Waals surface area contributed by atoms with Gasteiger partial charge in [0.25, 0.3) is 0 Å². The molecular weight excluding hydrogens is 677 g/mol. The van der Waals surface area contributed by atoms with E-state index in [2.05, 4.69) is 142 Å². The van der Waals surface area contributed by atoms with Gasteiger partial charge in [0.2, 0.25) is 0 Å². The Hall–Kier alpha value is -6.10. The van der Waals surface area contributed by atoms with E-state index in [1.54, 1.807) is 6.07 Å². The highest BCUT2D eigenvalue weighted by Gasteiger charge is 2.38. The lowest BCUT2D eigenvalue weighted by Gasteiger charge is -2.30. The third-order valence-electron chi connectivity index (χ3n) is 11.1. The quantitative estimate of drug-likeness (QED) is 0.137. The number of nitriles is 1. The Morgan fingerprint density at radius 1 is 0.698 bits per heavy atom. The lowest BCUT2D eigenvalue weighted by Crippen LogP contribution is -2.18. The van der Waals surface area contributed by atoms with Crippen LogP contribution in [0.15, 0.2) is 115 Å². The second-order valence-corrected chi connectivity index (χ2v) is 15.9. The number of ether oxygens (including phenoxy) is 2. The molecule has 2 aliphatic carbocycles. The monoisotopic (exact) mass is 712 g/mol. The van der Waals surface area contributed by atoms with E-state index in [0.717, 1.165) is 27.5 Å². The molecule has 0 fully saturated rings. The molecule has 5 aromatic carbocycles. The van der Waals surface area contributed by atoms with E-state index in [1.165, 1.54) is 61.9 Å². The van der Waals surface area contributed by atoms with Crippen molar-refractivity contribution in [3.05, 3.63) is 142 Å². The maximum absolute atomic E-state index is 11.7. The minimum atomic E-state index is -1.28. The van der Waals surface area contributed by atoms with Crippen molar-refractivity contribution in [1.29, 1.82) is 5.26 Å². The standard InChI is InChI=1S/C46H36N2O4S/c1-45(2)36-11-7-5-9-32(36)34-19-17-30(24-38(34)45)48(31-18-20-35-33-10-6-8-12-37(33)46(3,4)39(35)25-31)29-15-13-27(14-16-29)43-42-41(51-21-22-52-42)40(53-43)23-28(26-47)44(49)50/h5-20,23-25H,21-22H2,1-4H3,(H,49,50)/b28-23+. The minimum absolute atomic E-state index is 0.155. The molecular formula is C46H36N2O4S. The Morgan fingerprint density at radius 2 is 1.19 bits per heavy atom. The number of anilines is 3. The molecule has 0 spiro atoms. The molecule has 0 radical (unpaired) electrons. The summed E-state index contributed by atoms with van der Waals surface area (Å²) in [5, 5.41) is 19.0. The summed E-state index contributed by atoms with van der Waals surface area (Å²) >= 11 is 1.36. The second-order valence-electron chi connectivity index (χ2n) is 14.8. The van der Waals surface area contributed by atoms with Crippen LogP contribution in [0.3, 0.4) is 0 Å². The van der Waals surface area contributed by atoms with Crippen LogP contribution >= 0.6 is 11.3 Å². The number of fused-ring (bicyclic) bond motifs is 7. The zero-order valence-electron chi connectivity index (χ0n) is 29.9. The second kappa shape index (κ2) is 12.0. The molecule has 0 saturated heterocycles. The molecule has 53 heavy (non-hydrogen) atoms. The number of carboxylic acids is 1. The SMILES string of the molecule is CC1(C)c2ccccc2-c2ccc(N(c3ccc(-c4sc(/C=C(\C#N)C(=O)O)c5c4OCCO5)cc3)c3ccc4c(c3)C(C)(C)c3ccccc3-4)cc21.